The monoisotopic (exact) mass is 524 g/mol. The van der Waals surface area contributed by atoms with E-state index >= 15 is 0 Å². The zero-order chi connectivity index (χ0) is 26.2. The van der Waals surface area contributed by atoms with Crippen LogP contribution in [-0.4, -0.2) is 53.3 Å². The molecule has 0 aromatic heterocycles. The fourth-order valence-corrected chi connectivity index (χ4v) is 5.00. The summed E-state index contributed by atoms with van der Waals surface area (Å²) in [7, 11) is -4.08. The number of anilines is 1. The van der Waals surface area contributed by atoms with E-state index in [-0.39, 0.29) is 22.3 Å². The Kier molecular flexibility index (Phi) is 9.92. The topological polar surface area (TPSA) is 156 Å². The fourth-order valence-electron chi connectivity index (χ4n) is 3.47. The van der Waals surface area contributed by atoms with Gasteiger partial charge >= 0.3 is 6.09 Å². The van der Waals surface area contributed by atoms with E-state index < -0.39 is 26.6 Å². The molecule has 12 heteroatoms. The van der Waals surface area contributed by atoms with E-state index in [1.54, 1.807) is 11.8 Å². The summed E-state index contributed by atoms with van der Waals surface area (Å²) in [5.74, 6) is 0.597. The highest BCUT2D eigenvalue weighted by atomic mass is 32.2. The van der Waals surface area contributed by atoms with Crippen LogP contribution in [0.1, 0.15) is 40.0 Å². The lowest BCUT2D eigenvalue weighted by Crippen LogP contribution is -2.45. The van der Waals surface area contributed by atoms with Crippen LogP contribution in [0.25, 0.3) is 0 Å². The third-order valence-corrected chi connectivity index (χ3v) is 7.36. The molecule has 0 unspecified atom stereocenters. The number of nitrogens with zero attached hydrogens (tertiary/aromatic N) is 2. The Morgan fingerprint density at radius 3 is 2.40 bits per heavy atom. The van der Waals surface area contributed by atoms with Crippen LogP contribution < -0.4 is 10.5 Å². The van der Waals surface area contributed by atoms with Gasteiger partial charge in [-0.3, -0.25) is 10.1 Å². The molecule has 1 amide bonds. The second-order valence-corrected chi connectivity index (χ2v) is 11.7. The van der Waals surface area contributed by atoms with Gasteiger partial charge in [0.1, 0.15) is 5.69 Å². The lowest BCUT2D eigenvalue weighted by Gasteiger charge is -2.33. The molecule has 0 spiro atoms. The number of hydrogen-bond acceptors (Lipinski definition) is 7. The van der Waals surface area contributed by atoms with Gasteiger partial charge in [-0.1, -0.05) is 18.2 Å². The van der Waals surface area contributed by atoms with Gasteiger partial charge in [-0.15, -0.1) is 11.8 Å². The molecule has 0 aliphatic carbocycles. The fraction of sp³-hybridized carbons (Fsp3) is 0.435. The lowest BCUT2D eigenvalue weighted by molar-refractivity contribution is -0.384. The summed E-state index contributed by atoms with van der Waals surface area (Å²) in [5.41, 5.74) is -0.697. The average molecular weight is 525 g/mol. The van der Waals surface area contributed by atoms with Crippen LogP contribution in [0, 0.1) is 10.1 Å². The summed E-state index contributed by atoms with van der Waals surface area (Å²) in [6.07, 6.45) is 0.975. The van der Waals surface area contributed by atoms with Crippen LogP contribution in [0.5, 0.6) is 0 Å². The molecule has 0 aliphatic heterocycles. The van der Waals surface area contributed by atoms with Crippen molar-refractivity contribution in [1.29, 1.82) is 0 Å². The molecular formula is C23H32N4O6S2. The second kappa shape index (κ2) is 12.2. The Bertz CT molecular complexity index is 1120. The predicted octanol–water partition coefficient (Wildman–Crippen LogP) is 4.76. The molecule has 0 saturated carbocycles. The number of carboxylic acid groups (broad SMARTS) is 1. The minimum atomic E-state index is -4.08. The summed E-state index contributed by atoms with van der Waals surface area (Å²) >= 11 is 1.59. The molecule has 0 bridgehead atoms. The van der Waals surface area contributed by atoms with Gasteiger partial charge in [-0.2, -0.15) is 0 Å². The SMILES string of the molecule is CC(C)(C)N(CCCC[C@H](CSc1ccccc1)Nc1ccc(S(N)(=O)=O)cc1[N+](=O)[O-])C(=O)O. The number of benzene rings is 2. The van der Waals surface area contributed by atoms with Gasteiger partial charge in [0.25, 0.3) is 5.69 Å². The summed E-state index contributed by atoms with van der Waals surface area (Å²) in [6.45, 7) is 5.89. The van der Waals surface area contributed by atoms with Crippen molar-refractivity contribution < 1.29 is 23.2 Å². The number of nitro benzene ring substituents is 1. The quantitative estimate of drug-likeness (QED) is 0.155. The van der Waals surface area contributed by atoms with Crippen molar-refractivity contribution in [3.63, 3.8) is 0 Å². The zero-order valence-electron chi connectivity index (χ0n) is 20.0. The number of primary sulfonamides is 1. The molecule has 2 rings (SSSR count). The smallest absolute Gasteiger partial charge is 0.407 e. The number of nitrogens with one attached hydrogen (secondary N) is 1. The average Bonchev–Trinajstić information content (AvgIpc) is 2.75. The molecule has 4 N–H and O–H groups in total. The number of rotatable bonds is 12. The van der Waals surface area contributed by atoms with E-state index in [1.807, 2.05) is 51.1 Å². The van der Waals surface area contributed by atoms with Crippen LogP contribution in [0.2, 0.25) is 0 Å². The van der Waals surface area contributed by atoms with Crippen molar-refractivity contribution in [2.45, 2.75) is 61.4 Å². The van der Waals surface area contributed by atoms with Crippen molar-refractivity contribution in [3.8, 4) is 0 Å². The first-order valence-corrected chi connectivity index (χ1v) is 13.6. The van der Waals surface area contributed by atoms with Crippen molar-refractivity contribution in [2.24, 2.45) is 5.14 Å². The Balaban J connectivity index is 2.17. The maximum atomic E-state index is 11.6. The Labute approximate surface area is 210 Å². The number of carbonyl (C=O) groups is 1. The predicted molar refractivity (Wildman–Crippen MR) is 137 cm³/mol. The van der Waals surface area contributed by atoms with Crippen LogP contribution in [0.15, 0.2) is 58.3 Å². The third-order valence-electron chi connectivity index (χ3n) is 5.27. The van der Waals surface area contributed by atoms with E-state index in [2.05, 4.69) is 5.32 Å². The number of thioether (sulfide) groups is 1. The number of hydrogen-bond donors (Lipinski definition) is 3. The molecule has 2 aromatic rings. The van der Waals surface area contributed by atoms with Crippen molar-refractivity contribution in [2.75, 3.05) is 17.6 Å². The molecule has 0 saturated heterocycles. The maximum Gasteiger partial charge on any atom is 0.407 e. The van der Waals surface area contributed by atoms with Gasteiger partial charge in [0.15, 0.2) is 0 Å². The third kappa shape index (κ3) is 9.04. The molecule has 1 atom stereocenters. The summed E-state index contributed by atoms with van der Waals surface area (Å²) in [4.78, 5) is 24.6. The van der Waals surface area contributed by atoms with Gasteiger partial charge in [0.05, 0.1) is 9.82 Å². The molecular weight excluding hydrogens is 492 g/mol. The number of nitro groups is 1. The van der Waals surface area contributed by atoms with Gasteiger partial charge < -0.3 is 15.3 Å². The van der Waals surface area contributed by atoms with Crippen LogP contribution in [0.3, 0.4) is 0 Å². The number of nitrogens with two attached hydrogens (primary N) is 1. The van der Waals surface area contributed by atoms with Crippen LogP contribution in [0.4, 0.5) is 16.2 Å². The summed E-state index contributed by atoms with van der Waals surface area (Å²) in [5, 5.41) is 29.4. The Hall–Kier alpha value is -2.83. The van der Waals surface area contributed by atoms with E-state index in [9.17, 15) is 28.4 Å². The molecule has 0 heterocycles. The first-order valence-electron chi connectivity index (χ1n) is 11.0. The van der Waals surface area contributed by atoms with Crippen molar-refractivity contribution in [1.82, 2.24) is 4.90 Å². The number of sulfonamides is 1. The molecule has 192 valence electrons. The molecule has 2 aromatic carbocycles. The van der Waals surface area contributed by atoms with Gasteiger partial charge in [-0.05, 0) is 64.3 Å². The Morgan fingerprint density at radius 2 is 1.86 bits per heavy atom. The summed E-state index contributed by atoms with van der Waals surface area (Å²) in [6, 6.07) is 13.1. The maximum absolute atomic E-state index is 11.6. The lowest BCUT2D eigenvalue weighted by atomic mass is 10.0. The minimum absolute atomic E-state index is 0.188. The first kappa shape index (κ1) is 28.4. The van der Waals surface area contributed by atoms with E-state index in [0.29, 0.717) is 31.6 Å². The van der Waals surface area contributed by atoms with Crippen LogP contribution >= 0.6 is 11.8 Å². The first-order chi connectivity index (χ1) is 16.3. The molecule has 0 aliphatic rings. The highest BCUT2D eigenvalue weighted by Gasteiger charge is 2.26. The van der Waals surface area contributed by atoms with Crippen molar-refractivity contribution >= 4 is 39.3 Å². The molecule has 0 fully saturated rings. The normalized spacial score (nSPS) is 12.7. The van der Waals surface area contributed by atoms with Gasteiger partial charge in [0, 0.05) is 34.8 Å². The van der Waals surface area contributed by atoms with Crippen LogP contribution in [-0.2, 0) is 10.0 Å². The minimum Gasteiger partial charge on any atom is -0.465 e. The second-order valence-electron chi connectivity index (χ2n) is 9.05. The van der Waals surface area contributed by atoms with Crippen molar-refractivity contribution in [3.05, 3.63) is 58.6 Å². The zero-order valence-corrected chi connectivity index (χ0v) is 21.6. The molecule has 35 heavy (non-hydrogen) atoms. The molecule has 10 nitrogen and oxygen atoms in total. The number of amides is 1. The Morgan fingerprint density at radius 1 is 1.20 bits per heavy atom. The van der Waals surface area contributed by atoms with Gasteiger partial charge in [0.2, 0.25) is 10.0 Å². The largest absolute Gasteiger partial charge is 0.465 e. The van der Waals surface area contributed by atoms with E-state index in [1.165, 1.54) is 17.0 Å². The van der Waals surface area contributed by atoms with Gasteiger partial charge in [-0.25, -0.2) is 18.4 Å². The highest BCUT2D eigenvalue weighted by molar-refractivity contribution is 7.99. The van der Waals surface area contributed by atoms with E-state index in [4.69, 9.17) is 5.14 Å². The van der Waals surface area contributed by atoms with E-state index in [0.717, 1.165) is 11.0 Å². The summed E-state index contributed by atoms with van der Waals surface area (Å²) < 4.78 is 23.3. The molecule has 0 radical (unpaired) electrons. The standard InChI is InChI=1S/C23H32N4O6S2/c1-23(2,3)26(22(28)29)14-8-7-9-17(16-34-18-10-5-4-6-11-18)25-20-13-12-19(35(24,32)33)15-21(20)27(30)31/h4-6,10-13,15,17,25H,7-9,14,16H2,1-3H3,(H,28,29)(H2,24,32,33)/t17-/m1/s1. The highest BCUT2D eigenvalue weighted by Crippen LogP contribution is 2.30. The number of unbranched alkanes of at least 4 members (excludes halogenated alkanes) is 1.